The Hall–Kier alpha value is -1.78. The molecular formula is C15H24N4O. The molecule has 0 aromatic carbocycles. The van der Waals surface area contributed by atoms with Gasteiger partial charge in [-0.15, -0.1) is 0 Å². The lowest BCUT2D eigenvalue weighted by molar-refractivity contribution is 0.318. The maximum absolute atomic E-state index is 9.04. The Kier molecular flexibility index (Phi) is 4.16. The third-order valence-electron chi connectivity index (χ3n) is 3.76. The summed E-state index contributed by atoms with van der Waals surface area (Å²) in [5.41, 5.74) is 9.38. The van der Waals surface area contributed by atoms with E-state index in [0.717, 1.165) is 35.1 Å². The van der Waals surface area contributed by atoms with Crippen molar-refractivity contribution in [2.24, 2.45) is 16.8 Å². The zero-order chi connectivity index (χ0) is 14.9. The van der Waals surface area contributed by atoms with Gasteiger partial charge in [0, 0.05) is 18.3 Å². The number of aromatic nitrogens is 1. The van der Waals surface area contributed by atoms with Crippen molar-refractivity contribution >= 4 is 11.5 Å². The fourth-order valence-electron chi connectivity index (χ4n) is 2.57. The standard InChI is InChI=1S/C15H24N4O/c1-9(2)19(8-12-5-6-12)13-7-10(3)17-11(4)14(13)15(16)18-20/h7,9,12,20H,5-6,8H2,1-4H3,(H2,16,18). The SMILES string of the molecule is Cc1cc(N(CC2CC2)C(C)C)c(/C(N)=N/O)c(C)n1. The molecule has 3 N–H and O–H groups in total. The third-order valence-corrected chi connectivity index (χ3v) is 3.76. The number of pyridine rings is 1. The Labute approximate surface area is 120 Å². The van der Waals surface area contributed by atoms with E-state index in [9.17, 15) is 0 Å². The van der Waals surface area contributed by atoms with Gasteiger partial charge in [0.2, 0.25) is 0 Å². The van der Waals surface area contributed by atoms with Crippen LogP contribution < -0.4 is 10.6 Å². The molecule has 110 valence electrons. The predicted molar refractivity (Wildman–Crippen MR) is 81.4 cm³/mol. The Bertz CT molecular complexity index is 521. The van der Waals surface area contributed by atoms with Gasteiger partial charge in [0.25, 0.3) is 0 Å². The van der Waals surface area contributed by atoms with Gasteiger partial charge in [0.05, 0.1) is 16.9 Å². The lowest BCUT2D eigenvalue weighted by atomic mass is 10.1. The normalized spacial score (nSPS) is 15.8. The number of oxime groups is 1. The van der Waals surface area contributed by atoms with Gasteiger partial charge >= 0.3 is 0 Å². The monoisotopic (exact) mass is 276 g/mol. The molecule has 1 heterocycles. The number of aryl methyl sites for hydroxylation is 2. The van der Waals surface area contributed by atoms with Crippen LogP contribution in [0.15, 0.2) is 11.2 Å². The zero-order valence-electron chi connectivity index (χ0n) is 12.7. The van der Waals surface area contributed by atoms with Crippen LogP contribution in [-0.2, 0) is 0 Å². The van der Waals surface area contributed by atoms with Gasteiger partial charge in [-0.3, -0.25) is 4.98 Å². The molecule has 1 aromatic heterocycles. The van der Waals surface area contributed by atoms with Gasteiger partial charge in [0.15, 0.2) is 5.84 Å². The number of rotatable bonds is 5. The summed E-state index contributed by atoms with van der Waals surface area (Å²) in [6, 6.07) is 2.39. The summed E-state index contributed by atoms with van der Waals surface area (Å²) in [6.45, 7) is 9.24. The molecule has 1 fully saturated rings. The van der Waals surface area contributed by atoms with Crippen LogP contribution in [0.25, 0.3) is 0 Å². The van der Waals surface area contributed by atoms with Crippen molar-refractivity contribution in [1.82, 2.24) is 4.98 Å². The van der Waals surface area contributed by atoms with E-state index in [4.69, 9.17) is 10.9 Å². The molecule has 0 amide bonds. The van der Waals surface area contributed by atoms with Crippen LogP contribution in [-0.4, -0.2) is 28.6 Å². The zero-order valence-corrected chi connectivity index (χ0v) is 12.7. The van der Waals surface area contributed by atoms with Crippen LogP contribution in [0.3, 0.4) is 0 Å². The summed E-state index contributed by atoms with van der Waals surface area (Å²) in [7, 11) is 0. The van der Waals surface area contributed by atoms with Crippen molar-refractivity contribution in [2.75, 3.05) is 11.4 Å². The first-order valence-corrected chi connectivity index (χ1v) is 7.16. The van der Waals surface area contributed by atoms with Crippen molar-refractivity contribution in [1.29, 1.82) is 0 Å². The van der Waals surface area contributed by atoms with Crippen molar-refractivity contribution in [3.05, 3.63) is 23.0 Å². The Morgan fingerprint density at radius 2 is 2.15 bits per heavy atom. The molecule has 1 aliphatic rings. The smallest absolute Gasteiger partial charge is 0.174 e. The highest BCUT2D eigenvalue weighted by Gasteiger charge is 2.28. The summed E-state index contributed by atoms with van der Waals surface area (Å²) in [5.74, 6) is 0.901. The molecule has 2 rings (SSSR count). The molecule has 1 saturated carbocycles. The van der Waals surface area contributed by atoms with Crippen LogP contribution in [0.4, 0.5) is 5.69 Å². The van der Waals surface area contributed by atoms with Gasteiger partial charge in [-0.1, -0.05) is 5.16 Å². The van der Waals surface area contributed by atoms with Crippen LogP contribution >= 0.6 is 0 Å². The molecule has 0 spiro atoms. The summed E-state index contributed by atoms with van der Waals surface area (Å²) < 4.78 is 0. The Balaban J connectivity index is 2.50. The topological polar surface area (TPSA) is 74.7 Å². The first-order chi connectivity index (χ1) is 9.43. The van der Waals surface area contributed by atoms with E-state index in [1.54, 1.807) is 0 Å². The number of hydrogen-bond donors (Lipinski definition) is 2. The average molecular weight is 276 g/mol. The number of anilines is 1. The molecule has 0 radical (unpaired) electrons. The first kappa shape index (κ1) is 14.6. The minimum absolute atomic E-state index is 0.131. The van der Waals surface area contributed by atoms with Gasteiger partial charge in [0.1, 0.15) is 0 Å². The molecule has 0 aliphatic heterocycles. The Morgan fingerprint density at radius 3 is 2.65 bits per heavy atom. The highest BCUT2D eigenvalue weighted by Crippen LogP contribution is 2.34. The highest BCUT2D eigenvalue weighted by atomic mass is 16.4. The van der Waals surface area contributed by atoms with E-state index in [1.807, 2.05) is 19.9 Å². The van der Waals surface area contributed by atoms with E-state index in [1.165, 1.54) is 12.8 Å². The number of amidine groups is 1. The molecule has 0 unspecified atom stereocenters. The second-order valence-electron chi connectivity index (χ2n) is 5.92. The molecule has 1 aliphatic carbocycles. The quantitative estimate of drug-likeness (QED) is 0.375. The largest absolute Gasteiger partial charge is 0.409 e. The molecule has 0 atom stereocenters. The van der Waals surface area contributed by atoms with Crippen LogP contribution in [0.5, 0.6) is 0 Å². The van der Waals surface area contributed by atoms with Gasteiger partial charge in [-0.2, -0.15) is 0 Å². The predicted octanol–water partition coefficient (Wildman–Crippen LogP) is 2.42. The van der Waals surface area contributed by atoms with Gasteiger partial charge in [-0.25, -0.2) is 0 Å². The van der Waals surface area contributed by atoms with Crippen LogP contribution in [0.1, 0.15) is 43.6 Å². The molecule has 5 nitrogen and oxygen atoms in total. The van der Waals surface area contributed by atoms with E-state index < -0.39 is 0 Å². The maximum atomic E-state index is 9.04. The molecular weight excluding hydrogens is 252 g/mol. The minimum atomic E-state index is 0.131. The Morgan fingerprint density at radius 1 is 1.50 bits per heavy atom. The van der Waals surface area contributed by atoms with E-state index >= 15 is 0 Å². The summed E-state index contributed by atoms with van der Waals surface area (Å²) in [6.07, 6.45) is 2.59. The summed E-state index contributed by atoms with van der Waals surface area (Å²) >= 11 is 0. The fraction of sp³-hybridized carbons (Fsp3) is 0.600. The summed E-state index contributed by atoms with van der Waals surface area (Å²) in [4.78, 5) is 6.78. The molecule has 20 heavy (non-hydrogen) atoms. The third kappa shape index (κ3) is 3.03. The molecule has 5 heteroatoms. The van der Waals surface area contributed by atoms with Crippen molar-refractivity contribution in [3.63, 3.8) is 0 Å². The summed E-state index contributed by atoms with van der Waals surface area (Å²) in [5, 5.41) is 12.2. The average Bonchev–Trinajstić information content (AvgIpc) is 3.17. The maximum Gasteiger partial charge on any atom is 0.174 e. The van der Waals surface area contributed by atoms with Gasteiger partial charge < -0.3 is 15.8 Å². The van der Waals surface area contributed by atoms with Gasteiger partial charge in [-0.05, 0) is 52.5 Å². The second-order valence-corrected chi connectivity index (χ2v) is 5.92. The second kappa shape index (κ2) is 5.69. The minimum Gasteiger partial charge on any atom is -0.409 e. The van der Waals surface area contributed by atoms with E-state index in [-0.39, 0.29) is 5.84 Å². The van der Waals surface area contributed by atoms with E-state index in [0.29, 0.717) is 6.04 Å². The number of nitrogens with zero attached hydrogens (tertiary/aromatic N) is 3. The van der Waals surface area contributed by atoms with Crippen molar-refractivity contribution in [2.45, 2.75) is 46.6 Å². The molecule has 0 bridgehead atoms. The van der Waals surface area contributed by atoms with Crippen LogP contribution in [0.2, 0.25) is 0 Å². The molecule has 1 aromatic rings. The van der Waals surface area contributed by atoms with Crippen molar-refractivity contribution in [3.8, 4) is 0 Å². The van der Waals surface area contributed by atoms with E-state index in [2.05, 4.69) is 28.9 Å². The lowest BCUT2D eigenvalue weighted by Crippen LogP contribution is -2.35. The number of nitrogens with two attached hydrogens (primary N) is 1. The molecule has 0 saturated heterocycles. The van der Waals surface area contributed by atoms with Crippen LogP contribution in [0, 0.1) is 19.8 Å². The number of hydrogen-bond acceptors (Lipinski definition) is 4. The fourth-order valence-corrected chi connectivity index (χ4v) is 2.57. The van der Waals surface area contributed by atoms with Crippen molar-refractivity contribution < 1.29 is 5.21 Å². The lowest BCUT2D eigenvalue weighted by Gasteiger charge is -2.31. The highest BCUT2D eigenvalue weighted by molar-refractivity contribution is 6.03. The first-order valence-electron chi connectivity index (χ1n) is 7.16.